The highest BCUT2D eigenvalue weighted by molar-refractivity contribution is 5.57. The second kappa shape index (κ2) is 3.73. The van der Waals surface area contributed by atoms with E-state index in [2.05, 4.69) is 24.1 Å². The second-order valence-corrected chi connectivity index (χ2v) is 3.59. The fraction of sp³-hybridized carbons (Fsp3) is 0.417. The van der Waals surface area contributed by atoms with Crippen LogP contribution in [-0.2, 0) is 6.42 Å². The van der Waals surface area contributed by atoms with Gasteiger partial charge in [-0.3, -0.25) is 4.98 Å². The van der Waals surface area contributed by atoms with Crippen LogP contribution in [0.15, 0.2) is 23.9 Å². The number of allylic oxidation sites excluding steroid dienone is 1. The lowest BCUT2D eigenvalue weighted by atomic mass is 9.94. The Bertz CT molecular complexity index is 326. The lowest BCUT2D eigenvalue weighted by Gasteiger charge is -2.14. The Morgan fingerprint density at radius 2 is 2.31 bits per heavy atom. The third-order valence-electron chi connectivity index (χ3n) is 2.54. The molecule has 2 rings (SSSR count). The third-order valence-corrected chi connectivity index (χ3v) is 2.54. The lowest BCUT2D eigenvalue weighted by Crippen LogP contribution is -2.01. The maximum Gasteiger partial charge on any atom is 0.0479 e. The van der Waals surface area contributed by atoms with Gasteiger partial charge in [-0.25, -0.2) is 0 Å². The lowest BCUT2D eigenvalue weighted by molar-refractivity contribution is 0.798. The molecule has 0 fully saturated rings. The van der Waals surface area contributed by atoms with E-state index in [9.17, 15) is 0 Å². The summed E-state index contributed by atoms with van der Waals surface area (Å²) in [4.78, 5) is 4.37. The average molecular weight is 173 g/mol. The molecule has 0 amide bonds. The molecule has 1 heteroatoms. The number of aryl methyl sites for hydroxylation is 1. The van der Waals surface area contributed by atoms with Gasteiger partial charge in [0.1, 0.15) is 0 Å². The number of rotatable bonds is 2. The molecule has 1 heterocycles. The Morgan fingerprint density at radius 1 is 1.38 bits per heavy atom. The molecule has 1 aromatic heterocycles. The van der Waals surface area contributed by atoms with Crippen LogP contribution < -0.4 is 0 Å². The third kappa shape index (κ3) is 1.80. The fourth-order valence-electron chi connectivity index (χ4n) is 1.88. The molecule has 0 radical (unpaired) electrons. The van der Waals surface area contributed by atoms with E-state index in [1.807, 2.05) is 12.3 Å². The zero-order valence-corrected chi connectivity index (χ0v) is 8.09. The van der Waals surface area contributed by atoms with E-state index in [1.54, 1.807) is 5.57 Å². The van der Waals surface area contributed by atoms with Crippen molar-refractivity contribution in [1.82, 2.24) is 4.98 Å². The molecule has 0 aromatic carbocycles. The van der Waals surface area contributed by atoms with Crippen molar-refractivity contribution in [2.45, 2.75) is 32.6 Å². The van der Waals surface area contributed by atoms with Crippen molar-refractivity contribution in [3.8, 4) is 0 Å². The number of pyridine rings is 1. The molecule has 0 saturated heterocycles. The molecule has 0 saturated carbocycles. The SMILES string of the molecule is CCCC1=Cc2cccnc2CC1. The van der Waals surface area contributed by atoms with Crippen LogP contribution in [-0.4, -0.2) is 4.98 Å². The van der Waals surface area contributed by atoms with E-state index < -0.39 is 0 Å². The Labute approximate surface area is 79.5 Å². The molecule has 0 N–H and O–H groups in total. The van der Waals surface area contributed by atoms with Gasteiger partial charge < -0.3 is 0 Å². The van der Waals surface area contributed by atoms with Crippen LogP contribution in [0.2, 0.25) is 0 Å². The highest BCUT2D eigenvalue weighted by atomic mass is 14.7. The van der Waals surface area contributed by atoms with E-state index in [4.69, 9.17) is 0 Å². The van der Waals surface area contributed by atoms with E-state index in [0.717, 1.165) is 6.42 Å². The Hall–Kier alpha value is -1.11. The van der Waals surface area contributed by atoms with E-state index >= 15 is 0 Å². The van der Waals surface area contributed by atoms with Gasteiger partial charge in [0.25, 0.3) is 0 Å². The van der Waals surface area contributed by atoms with Crippen molar-refractivity contribution in [2.75, 3.05) is 0 Å². The Morgan fingerprint density at radius 3 is 3.15 bits per heavy atom. The van der Waals surface area contributed by atoms with Gasteiger partial charge in [-0.1, -0.05) is 31.1 Å². The molecular formula is C12H15N. The Balaban J connectivity index is 2.28. The largest absolute Gasteiger partial charge is 0.261 e. The van der Waals surface area contributed by atoms with Gasteiger partial charge in [0.2, 0.25) is 0 Å². The summed E-state index contributed by atoms with van der Waals surface area (Å²) in [6.07, 6.45) is 9.03. The molecule has 1 aliphatic carbocycles. The zero-order valence-electron chi connectivity index (χ0n) is 8.09. The van der Waals surface area contributed by atoms with Crippen LogP contribution in [0.1, 0.15) is 37.4 Å². The summed E-state index contributed by atoms with van der Waals surface area (Å²) >= 11 is 0. The van der Waals surface area contributed by atoms with Crippen LogP contribution in [0.4, 0.5) is 0 Å². The van der Waals surface area contributed by atoms with Gasteiger partial charge in [0.15, 0.2) is 0 Å². The van der Waals surface area contributed by atoms with Crippen molar-refractivity contribution >= 4 is 6.08 Å². The summed E-state index contributed by atoms with van der Waals surface area (Å²) in [5, 5.41) is 0. The molecule has 13 heavy (non-hydrogen) atoms. The molecule has 0 bridgehead atoms. The van der Waals surface area contributed by atoms with Crippen LogP contribution in [0.3, 0.4) is 0 Å². The number of fused-ring (bicyclic) bond motifs is 1. The molecule has 0 spiro atoms. The van der Waals surface area contributed by atoms with Crippen molar-refractivity contribution in [3.63, 3.8) is 0 Å². The first-order valence-electron chi connectivity index (χ1n) is 5.03. The topological polar surface area (TPSA) is 12.9 Å². The summed E-state index contributed by atoms with van der Waals surface area (Å²) in [6, 6.07) is 4.18. The van der Waals surface area contributed by atoms with Crippen LogP contribution in [0.5, 0.6) is 0 Å². The minimum absolute atomic E-state index is 1.13. The summed E-state index contributed by atoms with van der Waals surface area (Å²) in [5.41, 5.74) is 4.18. The van der Waals surface area contributed by atoms with Crippen LogP contribution in [0, 0.1) is 0 Å². The number of hydrogen-bond donors (Lipinski definition) is 0. The minimum atomic E-state index is 1.13. The number of aromatic nitrogens is 1. The molecule has 1 aliphatic rings. The zero-order chi connectivity index (χ0) is 9.10. The summed E-state index contributed by atoms with van der Waals surface area (Å²) in [5.74, 6) is 0. The second-order valence-electron chi connectivity index (χ2n) is 3.59. The smallest absolute Gasteiger partial charge is 0.0479 e. The first-order chi connectivity index (χ1) is 6.40. The minimum Gasteiger partial charge on any atom is -0.261 e. The monoisotopic (exact) mass is 173 g/mol. The predicted octanol–water partition coefficient (Wildman–Crippen LogP) is 3.21. The van der Waals surface area contributed by atoms with Gasteiger partial charge in [-0.05, 0) is 30.9 Å². The van der Waals surface area contributed by atoms with Gasteiger partial charge in [-0.15, -0.1) is 0 Å². The number of hydrogen-bond acceptors (Lipinski definition) is 1. The molecule has 0 unspecified atom stereocenters. The van der Waals surface area contributed by atoms with Crippen LogP contribution in [0.25, 0.3) is 6.08 Å². The predicted molar refractivity (Wildman–Crippen MR) is 55.4 cm³/mol. The first kappa shape index (κ1) is 8.49. The molecule has 1 aromatic rings. The van der Waals surface area contributed by atoms with Gasteiger partial charge in [0.05, 0.1) is 0 Å². The Kier molecular flexibility index (Phi) is 2.44. The first-order valence-corrected chi connectivity index (χ1v) is 5.03. The quantitative estimate of drug-likeness (QED) is 0.669. The fourth-order valence-corrected chi connectivity index (χ4v) is 1.88. The van der Waals surface area contributed by atoms with Gasteiger partial charge in [0, 0.05) is 11.9 Å². The highest BCUT2D eigenvalue weighted by Gasteiger charge is 2.09. The molecule has 0 atom stereocenters. The van der Waals surface area contributed by atoms with Crippen molar-refractivity contribution in [1.29, 1.82) is 0 Å². The molecule has 1 nitrogen and oxygen atoms in total. The standard InChI is InChI=1S/C12H15N/c1-2-4-10-6-7-12-11(9-10)5-3-8-13-12/h3,5,8-9H,2,4,6-7H2,1H3. The van der Waals surface area contributed by atoms with E-state index in [1.165, 1.54) is 30.5 Å². The van der Waals surface area contributed by atoms with E-state index in [-0.39, 0.29) is 0 Å². The average Bonchev–Trinajstić information content (AvgIpc) is 2.18. The molecular weight excluding hydrogens is 158 g/mol. The van der Waals surface area contributed by atoms with Gasteiger partial charge in [-0.2, -0.15) is 0 Å². The normalized spacial score (nSPS) is 15.0. The summed E-state index contributed by atoms with van der Waals surface area (Å²) in [7, 11) is 0. The van der Waals surface area contributed by atoms with Crippen molar-refractivity contribution in [3.05, 3.63) is 35.2 Å². The maximum atomic E-state index is 4.37. The summed E-state index contributed by atoms with van der Waals surface area (Å²) < 4.78 is 0. The van der Waals surface area contributed by atoms with E-state index in [0.29, 0.717) is 0 Å². The summed E-state index contributed by atoms with van der Waals surface area (Å²) in [6.45, 7) is 2.24. The molecule has 0 aliphatic heterocycles. The van der Waals surface area contributed by atoms with Crippen LogP contribution >= 0.6 is 0 Å². The molecule has 68 valence electrons. The highest BCUT2D eigenvalue weighted by Crippen LogP contribution is 2.24. The van der Waals surface area contributed by atoms with Gasteiger partial charge >= 0.3 is 0 Å². The maximum absolute atomic E-state index is 4.37. The van der Waals surface area contributed by atoms with Crippen molar-refractivity contribution < 1.29 is 0 Å². The number of nitrogens with zero attached hydrogens (tertiary/aromatic N) is 1. The van der Waals surface area contributed by atoms with Crippen molar-refractivity contribution in [2.24, 2.45) is 0 Å².